The Morgan fingerprint density at radius 3 is 2.68 bits per heavy atom. The van der Waals surface area contributed by atoms with Gasteiger partial charge in [-0.05, 0) is 36.6 Å². The van der Waals surface area contributed by atoms with Crippen LogP contribution >= 0.6 is 0 Å². The third kappa shape index (κ3) is 1.93. The summed E-state index contributed by atoms with van der Waals surface area (Å²) in [4.78, 5) is 15.0. The minimum Gasteiger partial charge on any atom is -0.340 e. The number of aromatic nitrogens is 1. The van der Waals surface area contributed by atoms with Crippen molar-refractivity contribution in [2.24, 2.45) is 7.05 Å². The SMILES string of the molecule is Cn1c(C(=O)N2CCCc3ccccc32)cc2ccccc21. The number of nitrogens with zero attached hydrogens (tertiary/aromatic N) is 2. The third-order valence-electron chi connectivity index (χ3n) is 4.53. The molecule has 0 fully saturated rings. The van der Waals surface area contributed by atoms with E-state index in [4.69, 9.17) is 0 Å². The van der Waals surface area contributed by atoms with Crippen LogP contribution in [0, 0.1) is 0 Å². The lowest BCUT2D eigenvalue weighted by molar-refractivity contribution is 0.0977. The van der Waals surface area contributed by atoms with Gasteiger partial charge in [-0.2, -0.15) is 0 Å². The summed E-state index contributed by atoms with van der Waals surface area (Å²) in [5, 5.41) is 1.11. The van der Waals surface area contributed by atoms with E-state index in [1.807, 2.05) is 46.8 Å². The van der Waals surface area contributed by atoms with Crippen LogP contribution in [0.25, 0.3) is 10.9 Å². The van der Waals surface area contributed by atoms with Gasteiger partial charge in [0, 0.05) is 30.2 Å². The van der Waals surface area contributed by atoms with E-state index in [0.717, 1.165) is 41.7 Å². The predicted octanol–water partition coefficient (Wildman–Crippen LogP) is 3.77. The van der Waals surface area contributed by atoms with Crippen molar-refractivity contribution >= 4 is 22.5 Å². The largest absolute Gasteiger partial charge is 0.340 e. The number of fused-ring (bicyclic) bond motifs is 2. The van der Waals surface area contributed by atoms with Crippen molar-refractivity contribution in [1.82, 2.24) is 4.57 Å². The van der Waals surface area contributed by atoms with E-state index in [2.05, 4.69) is 24.3 Å². The fraction of sp³-hybridized carbons (Fsp3) is 0.211. The summed E-state index contributed by atoms with van der Waals surface area (Å²) in [6.45, 7) is 0.789. The van der Waals surface area contributed by atoms with E-state index in [1.165, 1.54) is 5.56 Å². The Bertz CT molecular complexity index is 863. The predicted molar refractivity (Wildman–Crippen MR) is 89.4 cm³/mol. The molecule has 2 heterocycles. The van der Waals surface area contributed by atoms with E-state index in [-0.39, 0.29) is 5.91 Å². The molecular formula is C19H18N2O. The number of amides is 1. The van der Waals surface area contributed by atoms with Gasteiger partial charge in [-0.25, -0.2) is 0 Å². The summed E-state index contributed by atoms with van der Waals surface area (Å²) in [6, 6.07) is 18.3. The van der Waals surface area contributed by atoms with Gasteiger partial charge in [0.2, 0.25) is 0 Å². The van der Waals surface area contributed by atoms with Crippen LogP contribution in [0.3, 0.4) is 0 Å². The van der Waals surface area contributed by atoms with Gasteiger partial charge < -0.3 is 9.47 Å². The van der Waals surface area contributed by atoms with E-state index >= 15 is 0 Å². The van der Waals surface area contributed by atoms with Crippen molar-refractivity contribution in [2.75, 3.05) is 11.4 Å². The number of rotatable bonds is 1. The van der Waals surface area contributed by atoms with Gasteiger partial charge in [0.05, 0.1) is 0 Å². The first kappa shape index (κ1) is 13.1. The summed E-state index contributed by atoms with van der Waals surface area (Å²) in [7, 11) is 1.96. The van der Waals surface area contributed by atoms with Crippen LogP contribution in [0.5, 0.6) is 0 Å². The van der Waals surface area contributed by atoms with Crippen LogP contribution in [-0.4, -0.2) is 17.0 Å². The molecule has 0 saturated carbocycles. The number of hydrogen-bond acceptors (Lipinski definition) is 1. The first-order chi connectivity index (χ1) is 10.8. The fourth-order valence-corrected chi connectivity index (χ4v) is 3.38. The third-order valence-corrected chi connectivity index (χ3v) is 4.53. The Kier molecular flexibility index (Phi) is 3.00. The zero-order valence-corrected chi connectivity index (χ0v) is 12.6. The van der Waals surface area contributed by atoms with Crippen molar-refractivity contribution in [1.29, 1.82) is 0 Å². The maximum Gasteiger partial charge on any atom is 0.274 e. The highest BCUT2D eigenvalue weighted by molar-refractivity contribution is 6.08. The molecule has 0 N–H and O–H groups in total. The number of benzene rings is 2. The van der Waals surface area contributed by atoms with Crippen LogP contribution in [-0.2, 0) is 13.5 Å². The van der Waals surface area contributed by atoms with Crippen LogP contribution in [0.1, 0.15) is 22.5 Å². The minimum atomic E-state index is 0.0887. The van der Waals surface area contributed by atoms with Crippen LogP contribution in [0.2, 0.25) is 0 Å². The molecule has 1 aliphatic rings. The molecule has 0 atom stereocenters. The summed E-state index contributed by atoms with van der Waals surface area (Å²) in [5.41, 5.74) is 4.17. The number of carbonyl (C=O) groups is 1. The average Bonchev–Trinajstić information content (AvgIpc) is 2.91. The maximum atomic E-state index is 13.1. The molecule has 1 aliphatic heterocycles. The lowest BCUT2D eigenvalue weighted by atomic mass is 10.0. The molecule has 0 radical (unpaired) electrons. The summed E-state index contributed by atoms with van der Waals surface area (Å²) < 4.78 is 1.99. The zero-order valence-electron chi connectivity index (χ0n) is 12.6. The quantitative estimate of drug-likeness (QED) is 0.669. The van der Waals surface area contributed by atoms with Gasteiger partial charge in [0.25, 0.3) is 5.91 Å². The number of para-hydroxylation sites is 2. The Labute approximate surface area is 129 Å². The Morgan fingerprint density at radius 2 is 1.82 bits per heavy atom. The van der Waals surface area contributed by atoms with E-state index < -0.39 is 0 Å². The van der Waals surface area contributed by atoms with Gasteiger partial charge in [-0.3, -0.25) is 4.79 Å². The fourth-order valence-electron chi connectivity index (χ4n) is 3.38. The molecule has 3 heteroatoms. The minimum absolute atomic E-state index is 0.0887. The van der Waals surface area contributed by atoms with Crippen molar-refractivity contribution < 1.29 is 4.79 Å². The molecule has 22 heavy (non-hydrogen) atoms. The highest BCUT2D eigenvalue weighted by atomic mass is 16.2. The molecule has 1 aromatic heterocycles. The Hall–Kier alpha value is -2.55. The molecular weight excluding hydrogens is 272 g/mol. The maximum absolute atomic E-state index is 13.1. The van der Waals surface area contributed by atoms with Crippen LogP contribution in [0.4, 0.5) is 5.69 Å². The molecule has 0 spiro atoms. The standard InChI is InChI=1S/C19H18N2O/c1-20-16-10-4-3-8-15(16)13-18(20)19(22)21-12-6-9-14-7-2-5-11-17(14)21/h2-5,7-8,10-11,13H,6,9,12H2,1H3. The van der Waals surface area contributed by atoms with Gasteiger partial charge in [0.1, 0.15) is 5.69 Å². The van der Waals surface area contributed by atoms with Gasteiger partial charge in [-0.1, -0.05) is 36.4 Å². The smallest absolute Gasteiger partial charge is 0.274 e. The summed E-state index contributed by atoms with van der Waals surface area (Å²) >= 11 is 0. The molecule has 4 rings (SSSR count). The van der Waals surface area contributed by atoms with Gasteiger partial charge >= 0.3 is 0 Å². The van der Waals surface area contributed by atoms with Crippen LogP contribution in [0.15, 0.2) is 54.6 Å². The number of aryl methyl sites for hydroxylation is 2. The Balaban J connectivity index is 1.80. The highest BCUT2D eigenvalue weighted by Crippen LogP contribution is 2.29. The molecule has 3 nitrogen and oxygen atoms in total. The second-order valence-corrected chi connectivity index (χ2v) is 5.84. The zero-order chi connectivity index (χ0) is 15.1. The average molecular weight is 290 g/mol. The molecule has 1 amide bonds. The molecule has 3 aromatic rings. The second-order valence-electron chi connectivity index (χ2n) is 5.84. The lowest BCUT2D eigenvalue weighted by Gasteiger charge is -2.29. The second kappa shape index (κ2) is 5.02. The normalized spacial score (nSPS) is 14.1. The van der Waals surface area contributed by atoms with E-state index in [0.29, 0.717) is 0 Å². The van der Waals surface area contributed by atoms with Crippen molar-refractivity contribution in [2.45, 2.75) is 12.8 Å². The molecule has 0 saturated heterocycles. The molecule has 110 valence electrons. The van der Waals surface area contributed by atoms with Gasteiger partial charge in [0.15, 0.2) is 0 Å². The molecule has 2 aromatic carbocycles. The number of anilines is 1. The first-order valence-electron chi connectivity index (χ1n) is 7.70. The number of carbonyl (C=O) groups excluding carboxylic acids is 1. The molecule has 0 bridgehead atoms. The first-order valence-corrected chi connectivity index (χ1v) is 7.70. The highest BCUT2D eigenvalue weighted by Gasteiger charge is 2.25. The van der Waals surface area contributed by atoms with Gasteiger partial charge in [-0.15, -0.1) is 0 Å². The topological polar surface area (TPSA) is 25.2 Å². The summed E-state index contributed by atoms with van der Waals surface area (Å²) in [5.74, 6) is 0.0887. The summed E-state index contributed by atoms with van der Waals surface area (Å²) in [6.07, 6.45) is 2.07. The van der Waals surface area contributed by atoms with Crippen molar-refractivity contribution in [3.63, 3.8) is 0 Å². The monoisotopic (exact) mass is 290 g/mol. The number of hydrogen-bond donors (Lipinski definition) is 0. The van der Waals surface area contributed by atoms with Crippen LogP contribution < -0.4 is 4.90 Å². The van der Waals surface area contributed by atoms with Crippen molar-refractivity contribution in [3.8, 4) is 0 Å². The molecule has 0 unspecified atom stereocenters. The van der Waals surface area contributed by atoms with E-state index in [9.17, 15) is 4.79 Å². The Morgan fingerprint density at radius 1 is 1.05 bits per heavy atom. The molecule has 0 aliphatic carbocycles. The van der Waals surface area contributed by atoms with E-state index in [1.54, 1.807) is 0 Å². The lowest BCUT2D eigenvalue weighted by Crippen LogP contribution is -2.36. The van der Waals surface area contributed by atoms with Crippen molar-refractivity contribution in [3.05, 3.63) is 65.9 Å².